The second-order valence-corrected chi connectivity index (χ2v) is 8.25. The zero-order valence-electron chi connectivity index (χ0n) is 17.3. The Kier molecular flexibility index (Phi) is 9.86. The van der Waals surface area contributed by atoms with E-state index in [2.05, 4.69) is 6.92 Å². The topological polar surface area (TPSA) is 26.3 Å². The summed E-state index contributed by atoms with van der Waals surface area (Å²) in [6, 6.07) is 4.77. The molecule has 3 heteroatoms. The molecule has 1 aromatic rings. The summed E-state index contributed by atoms with van der Waals surface area (Å²) in [6.07, 6.45) is 14.9. The molecule has 0 saturated heterocycles. The summed E-state index contributed by atoms with van der Waals surface area (Å²) in [5.74, 6) is 1.36. The van der Waals surface area contributed by atoms with E-state index in [4.69, 9.17) is 4.74 Å². The van der Waals surface area contributed by atoms with Crippen LogP contribution in [0.3, 0.4) is 0 Å². The SMILES string of the molecule is CCCCCC[C@H]1CC[C@H](CCC(=O)Oc2ccc(CCC)c(F)c2)CC1. The van der Waals surface area contributed by atoms with Crippen LogP contribution >= 0.6 is 0 Å². The van der Waals surface area contributed by atoms with Gasteiger partial charge >= 0.3 is 5.97 Å². The lowest BCUT2D eigenvalue weighted by Gasteiger charge is -2.28. The standard InChI is InChI=1S/C24H37FO2/c1-3-5-6-7-9-19-10-12-20(13-11-19)14-17-24(26)27-22-16-15-21(8-4-2)23(25)18-22/h15-16,18-20H,3-14,17H2,1-2H3/t19-,20-. The number of carbonyl (C=O) groups is 1. The van der Waals surface area contributed by atoms with Crippen molar-refractivity contribution in [1.82, 2.24) is 0 Å². The van der Waals surface area contributed by atoms with Crippen molar-refractivity contribution < 1.29 is 13.9 Å². The van der Waals surface area contributed by atoms with Crippen LogP contribution in [-0.2, 0) is 11.2 Å². The Labute approximate surface area is 164 Å². The van der Waals surface area contributed by atoms with E-state index in [0.29, 0.717) is 30.1 Å². The largest absolute Gasteiger partial charge is 0.426 e. The van der Waals surface area contributed by atoms with Crippen LogP contribution in [0, 0.1) is 17.7 Å². The van der Waals surface area contributed by atoms with Crippen LogP contribution in [0.25, 0.3) is 0 Å². The lowest BCUT2D eigenvalue weighted by molar-refractivity contribution is -0.134. The number of ether oxygens (including phenoxy) is 1. The Morgan fingerprint density at radius 1 is 1.00 bits per heavy atom. The number of hydrogen-bond donors (Lipinski definition) is 0. The molecule has 0 aromatic heterocycles. The maximum Gasteiger partial charge on any atom is 0.311 e. The molecule has 0 atom stereocenters. The first-order valence-corrected chi connectivity index (χ1v) is 11.1. The predicted octanol–water partition coefficient (Wildman–Crippen LogP) is 7.24. The van der Waals surface area contributed by atoms with E-state index < -0.39 is 0 Å². The maximum atomic E-state index is 13.9. The quantitative estimate of drug-likeness (QED) is 0.231. The molecule has 0 radical (unpaired) electrons. The third-order valence-corrected chi connectivity index (χ3v) is 5.96. The summed E-state index contributed by atoms with van der Waals surface area (Å²) < 4.78 is 19.3. The van der Waals surface area contributed by atoms with Gasteiger partial charge in [-0.05, 0) is 36.3 Å². The van der Waals surface area contributed by atoms with Gasteiger partial charge in [0.2, 0.25) is 0 Å². The molecule has 152 valence electrons. The van der Waals surface area contributed by atoms with E-state index in [9.17, 15) is 9.18 Å². The van der Waals surface area contributed by atoms with Gasteiger partial charge < -0.3 is 4.74 Å². The van der Waals surface area contributed by atoms with Crippen molar-refractivity contribution in [2.45, 2.75) is 97.3 Å². The number of hydrogen-bond acceptors (Lipinski definition) is 2. The minimum absolute atomic E-state index is 0.237. The zero-order chi connectivity index (χ0) is 19.5. The van der Waals surface area contributed by atoms with Gasteiger partial charge in [-0.1, -0.05) is 84.1 Å². The van der Waals surface area contributed by atoms with Gasteiger partial charge in [0.15, 0.2) is 0 Å². The highest BCUT2D eigenvalue weighted by atomic mass is 19.1. The zero-order valence-corrected chi connectivity index (χ0v) is 17.3. The summed E-state index contributed by atoms with van der Waals surface area (Å²) >= 11 is 0. The molecule has 1 saturated carbocycles. The highest BCUT2D eigenvalue weighted by Crippen LogP contribution is 2.34. The van der Waals surface area contributed by atoms with Crippen LogP contribution in [0.15, 0.2) is 18.2 Å². The molecule has 0 spiro atoms. The highest BCUT2D eigenvalue weighted by molar-refractivity contribution is 5.72. The Morgan fingerprint density at radius 2 is 1.70 bits per heavy atom. The van der Waals surface area contributed by atoms with Gasteiger partial charge in [0, 0.05) is 12.5 Å². The molecule has 27 heavy (non-hydrogen) atoms. The molecule has 1 aliphatic carbocycles. The lowest BCUT2D eigenvalue weighted by Crippen LogP contribution is -2.17. The average molecular weight is 377 g/mol. The van der Waals surface area contributed by atoms with Crippen molar-refractivity contribution >= 4 is 5.97 Å². The Morgan fingerprint density at radius 3 is 2.33 bits per heavy atom. The first-order valence-electron chi connectivity index (χ1n) is 11.1. The molecular weight excluding hydrogens is 339 g/mol. The normalized spacial score (nSPS) is 19.8. The van der Waals surface area contributed by atoms with Crippen molar-refractivity contribution in [1.29, 1.82) is 0 Å². The fourth-order valence-corrected chi connectivity index (χ4v) is 4.24. The number of benzene rings is 1. The molecule has 1 aliphatic rings. The van der Waals surface area contributed by atoms with Crippen LogP contribution in [-0.4, -0.2) is 5.97 Å². The highest BCUT2D eigenvalue weighted by Gasteiger charge is 2.21. The molecule has 0 aliphatic heterocycles. The van der Waals surface area contributed by atoms with Crippen molar-refractivity contribution in [3.63, 3.8) is 0 Å². The van der Waals surface area contributed by atoms with Gasteiger partial charge in [-0.2, -0.15) is 0 Å². The molecule has 2 rings (SSSR count). The number of carbonyl (C=O) groups excluding carboxylic acids is 1. The molecule has 0 unspecified atom stereocenters. The fraction of sp³-hybridized carbons (Fsp3) is 0.708. The van der Waals surface area contributed by atoms with E-state index >= 15 is 0 Å². The number of esters is 1. The number of unbranched alkanes of at least 4 members (excludes halogenated alkanes) is 3. The third kappa shape index (κ3) is 8.02. The van der Waals surface area contributed by atoms with Gasteiger partial charge in [-0.25, -0.2) is 4.39 Å². The minimum atomic E-state index is -0.278. The van der Waals surface area contributed by atoms with Crippen LogP contribution in [0.5, 0.6) is 5.75 Å². The predicted molar refractivity (Wildman–Crippen MR) is 109 cm³/mol. The Bertz CT molecular complexity index is 561. The molecule has 2 nitrogen and oxygen atoms in total. The van der Waals surface area contributed by atoms with Gasteiger partial charge in [-0.15, -0.1) is 0 Å². The molecule has 0 heterocycles. The van der Waals surface area contributed by atoms with Gasteiger partial charge in [0.1, 0.15) is 11.6 Å². The smallest absolute Gasteiger partial charge is 0.311 e. The molecule has 0 N–H and O–H groups in total. The molecule has 1 aromatic carbocycles. The van der Waals surface area contributed by atoms with E-state index in [1.165, 1.54) is 63.9 Å². The second-order valence-electron chi connectivity index (χ2n) is 8.25. The molecule has 0 bridgehead atoms. The van der Waals surface area contributed by atoms with Crippen LogP contribution < -0.4 is 4.74 Å². The Balaban J connectivity index is 1.64. The van der Waals surface area contributed by atoms with E-state index in [1.807, 2.05) is 6.92 Å². The maximum absolute atomic E-state index is 13.9. The molecule has 1 fully saturated rings. The number of halogens is 1. The summed E-state index contributed by atoms with van der Waals surface area (Å²) in [7, 11) is 0. The lowest BCUT2D eigenvalue weighted by atomic mass is 9.78. The van der Waals surface area contributed by atoms with Crippen LogP contribution in [0.2, 0.25) is 0 Å². The monoisotopic (exact) mass is 376 g/mol. The third-order valence-electron chi connectivity index (χ3n) is 5.96. The van der Waals surface area contributed by atoms with Gasteiger partial charge in [-0.3, -0.25) is 4.79 Å². The second kappa shape index (κ2) is 12.2. The fourth-order valence-electron chi connectivity index (χ4n) is 4.24. The first-order chi connectivity index (χ1) is 13.1. The molecular formula is C24H37FO2. The number of rotatable bonds is 11. The van der Waals surface area contributed by atoms with Gasteiger partial charge in [0.05, 0.1) is 0 Å². The average Bonchev–Trinajstić information content (AvgIpc) is 2.67. The van der Waals surface area contributed by atoms with Crippen molar-refractivity contribution in [2.24, 2.45) is 11.8 Å². The summed E-state index contributed by atoms with van der Waals surface area (Å²) in [5, 5.41) is 0. The summed E-state index contributed by atoms with van der Waals surface area (Å²) in [4.78, 5) is 12.1. The van der Waals surface area contributed by atoms with E-state index in [0.717, 1.165) is 18.8 Å². The van der Waals surface area contributed by atoms with Gasteiger partial charge in [0.25, 0.3) is 0 Å². The van der Waals surface area contributed by atoms with Crippen LogP contribution in [0.4, 0.5) is 4.39 Å². The summed E-state index contributed by atoms with van der Waals surface area (Å²) in [5.41, 5.74) is 0.684. The minimum Gasteiger partial charge on any atom is -0.426 e. The van der Waals surface area contributed by atoms with Crippen molar-refractivity contribution in [3.05, 3.63) is 29.6 Å². The summed E-state index contributed by atoms with van der Waals surface area (Å²) in [6.45, 7) is 4.28. The first kappa shape index (κ1) is 21.9. The van der Waals surface area contributed by atoms with Crippen molar-refractivity contribution in [3.8, 4) is 5.75 Å². The van der Waals surface area contributed by atoms with E-state index in [-0.39, 0.29) is 11.8 Å². The van der Waals surface area contributed by atoms with Crippen LogP contribution in [0.1, 0.15) is 96.5 Å². The molecule has 0 amide bonds. The Hall–Kier alpha value is -1.38. The van der Waals surface area contributed by atoms with Crippen molar-refractivity contribution in [2.75, 3.05) is 0 Å². The number of aryl methyl sites for hydroxylation is 1. The van der Waals surface area contributed by atoms with E-state index in [1.54, 1.807) is 12.1 Å².